The van der Waals surface area contributed by atoms with Crippen LogP contribution in [0.1, 0.15) is 5.56 Å². The summed E-state index contributed by atoms with van der Waals surface area (Å²) < 4.78 is 5.68. The number of nitriles is 1. The first kappa shape index (κ1) is 11.9. The molecule has 0 spiro atoms. The highest BCUT2D eigenvalue weighted by Crippen LogP contribution is 2.31. The van der Waals surface area contributed by atoms with E-state index in [0.29, 0.717) is 16.9 Å². The molecule has 3 aromatic rings. The van der Waals surface area contributed by atoms with Gasteiger partial charge in [-0.3, -0.25) is 10.1 Å². The zero-order chi connectivity index (χ0) is 14.1. The number of nitrogens with zero attached hydrogens (tertiary/aromatic N) is 2. The number of nitro benzene ring substituents is 1. The molecule has 0 unspecified atom stereocenters. The van der Waals surface area contributed by atoms with Crippen molar-refractivity contribution < 1.29 is 9.34 Å². The monoisotopic (exact) mass is 264 g/mol. The summed E-state index contributed by atoms with van der Waals surface area (Å²) in [4.78, 5) is 10.2. The van der Waals surface area contributed by atoms with Gasteiger partial charge < -0.3 is 4.42 Å². The second-order valence-corrected chi connectivity index (χ2v) is 4.25. The number of hydrogen-bond acceptors (Lipinski definition) is 4. The molecule has 0 aliphatic rings. The van der Waals surface area contributed by atoms with Crippen LogP contribution >= 0.6 is 0 Å². The third kappa shape index (κ3) is 1.89. The normalized spacial score (nSPS) is 10.3. The van der Waals surface area contributed by atoms with Crippen molar-refractivity contribution in [2.75, 3.05) is 0 Å². The van der Waals surface area contributed by atoms with Crippen LogP contribution in [0.4, 0.5) is 5.69 Å². The molecule has 0 aliphatic carbocycles. The van der Waals surface area contributed by atoms with E-state index >= 15 is 0 Å². The van der Waals surface area contributed by atoms with E-state index in [1.807, 2.05) is 36.4 Å². The molecule has 1 aromatic heterocycles. The number of rotatable bonds is 2. The number of non-ortho nitro benzene ring substituents is 1. The first-order valence-electron chi connectivity index (χ1n) is 5.86. The van der Waals surface area contributed by atoms with Crippen molar-refractivity contribution >= 4 is 16.7 Å². The highest BCUT2D eigenvalue weighted by molar-refractivity contribution is 5.84. The summed E-state index contributed by atoms with van der Waals surface area (Å²) >= 11 is 0. The topological polar surface area (TPSA) is 80.1 Å². The average molecular weight is 264 g/mol. The number of benzene rings is 2. The summed E-state index contributed by atoms with van der Waals surface area (Å²) in [5.74, 6) is 0.526. The van der Waals surface area contributed by atoms with Gasteiger partial charge in [0, 0.05) is 23.1 Å². The molecule has 0 saturated heterocycles. The van der Waals surface area contributed by atoms with Gasteiger partial charge in [-0.2, -0.15) is 5.26 Å². The standard InChI is InChI=1S/C15H8N2O3/c16-9-11-7-12(17(18)19)5-6-13(11)15-8-10-3-1-2-4-14(10)20-15/h1-8H. The summed E-state index contributed by atoms with van der Waals surface area (Å²) in [6.07, 6.45) is 0. The maximum Gasteiger partial charge on any atom is 0.270 e. The van der Waals surface area contributed by atoms with Crippen LogP contribution in [0.2, 0.25) is 0 Å². The third-order valence-electron chi connectivity index (χ3n) is 3.03. The Bertz CT molecular complexity index is 826. The van der Waals surface area contributed by atoms with E-state index in [1.165, 1.54) is 18.2 Å². The quantitative estimate of drug-likeness (QED) is 0.519. The molecule has 0 aliphatic heterocycles. The molecule has 0 saturated carbocycles. The van der Waals surface area contributed by atoms with Gasteiger partial charge in [0.15, 0.2) is 0 Å². The Hall–Kier alpha value is -3.13. The molecular formula is C15H8N2O3. The minimum absolute atomic E-state index is 0.110. The highest BCUT2D eigenvalue weighted by atomic mass is 16.6. The molecule has 0 amide bonds. The number of hydrogen-bond donors (Lipinski definition) is 0. The molecule has 1 heterocycles. The molecule has 0 radical (unpaired) electrons. The lowest BCUT2D eigenvalue weighted by Gasteiger charge is -1.99. The minimum atomic E-state index is -0.525. The number of fused-ring (bicyclic) bond motifs is 1. The van der Waals surface area contributed by atoms with Crippen LogP contribution < -0.4 is 0 Å². The molecule has 0 atom stereocenters. The first-order valence-corrected chi connectivity index (χ1v) is 5.86. The van der Waals surface area contributed by atoms with Crippen molar-refractivity contribution in [3.63, 3.8) is 0 Å². The van der Waals surface area contributed by atoms with E-state index in [-0.39, 0.29) is 11.3 Å². The minimum Gasteiger partial charge on any atom is -0.456 e. The maximum atomic E-state index is 10.7. The molecule has 0 N–H and O–H groups in total. The Kier molecular flexibility index (Phi) is 2.70. The lowest BCUT2D eigenvalue weighted by Crippen LogP contribution is -1.90. The second-order valence-electron chi connectivity index (χ2n) is 4.25. The van der Waals surface area contributed by atoms with Gasteiger partial charge in [-0.15, -0.1) is 0 Å². The second kappa shape index (κ2) is 4.52. The van der Waals surface area contributed by atoms with Gasteiger partial charge in [0.2, 0.25) is 0 Å². The van der Waals surface area contributed by atoms with Gasteiger partial charge in [0.05, 0.1) is 10.5 Å². The Balaban J connectivity index is 2.18. The molecule has 2 aromatic carbocycles. The van der Waals surface area contributed by atoms with Crippen LogP contribution in [0, 0.1) is 21.4 Å². The molecule has 20 heavy (non-hydrogen) atoms. The number of furan rings is 1. The van der Waals surface area contributed by atoms with Gasteiger partial charge in [0.1, 0.15) is 17.4 Å². The number of nitro groups is 1. The Morgan fingerprint density at radius 3 is 2.65 bits per heavy atom. The van der Waals surface area contributed by atoms with Crippen LogP contribution in [0.3, 0.4) is 0 Å². The van der Waals surface area contributed by atoms with Crippen LogP contribution in [-0.2, 0) is 0 Å². The van der Waals surface area contributed by atoms with Crippen molar-refractivity contribution in [1.29, 1.82) is 5.26 Å². The van der Waals surface area contributed by atoms with E-state index in [2.05, 4.69) is 0 Å². The number of para-hydroxylation sites is 1. The zero-order valence-electron chi connectivity index (χ0n) is 10.2. The van der Waals surface area contributed by atoms with Gasteiger partial charge in [-0.05, 0) is 18.2 Å². The summed E-state index contributed by atoms with van der Waals surface area (Å²) in [6, 6.07) is 15.4. The Labute approximate surface area is 113 Å². The molecule has 3 rings (SSSR count). The Morgan fingerprint density at radius 2 is 1.95 bits per heavy atom. The first-order chi connectivity index (χ1) is 9.69. The lowest BCUT2D eigenvalue weighted by atomic mass is 10.1. The van der Waals surface area contributed by atoms with Crippen LogP contribution in [-0.4, -0.2) is 4.92 Å². The van der Waals surface area contributed by atoms with Gasteiger partial charge in [0.25, 0.3) is 5.69 Å². The molecule has 5 heteroatoms. The van der Waals surface area contributed by atoms with Crippen LogP contribution in [0.5, 0.6) is 0 Å². The van der Waals surface area contributed by atoms with Crippen LogP contribution in [0.25, 0.3) is 22.3 Å². The SMILES string of the molecule is N#Cc1cc([N+](=O)[O-])ccc1-c1cc2ccccc2o1. The summed E-state index contributed by atoms with van der Waals surface area (Å²) in [5, 5.41) is 20.8. The predicted molar refractivity (Wildman–Crippen MR) is 73.0 cm³/mol. The molecule has 96 valence electrons. The maximum absolute atomic E-state index is 10.7. The lowest BCUT2D eigenvalue weighted by molar-refractivity contribution is -0.384. The largest absolute Gasteiger partial charge is 0.456 e. The molecule has 5 nitrogen and oxygen atoms in total. The van der Waals surface area contributed by atoms with Crippen molar-refractivity contribution in [3.05, 3.63) is 64.2 Å². The molecule has 0 bridgehead atoms. The van der Waals surface area contributed by atoms with Crippen molar-refractivity contribution in [2.45, 2.75) is 0 Å². The van der Waals surface area contributed by atoms with Crippen molar-refractivity contribution in [3.8, 4) is 17.4 Å². The van der Waals surface area contributed by atoms with E-state index < -0.39 is 4.92 Å². The summed E-state index contributed by atoms with van der Waals surface area (Å²) in [7, 11) is 0. The Morgan fingerprint density at radius 1 is 1.15 bits per heavy atom. The highest BCUT2D eigenvalue weighted by Gasteiger charge is 2.14. The third-order valence-corrected chi connectivity index (χ3v) is 3.03. The van der Waals surface area contributed by atoms with Gasteiger partial charge in [-0.25, -0.2) is 0 Å². The van der Waals surface area contributed by atoms with E-state index in [4.69, 9.17) is 9.68 Å². The summed E-state index contributed by atoms with van der Waals surface area (Å²) in [5.41, 5.74) is 1.37. The zero-order valence-corrected chi connectivity index (χ0v) is 10.2. The fraction of sp³-hybridized carbons (Fsp3) is 0. The van der Waals surface area contributed by atoms with Gasteiger partial charge in [-0.1, -0.05) is 18.2 Å². The predicted octanol–water partition coefficient (Wildman–Crippen LogP) is 3.88. The fourth-order valence-corrected chi connectivity index (χ4v) is 2.07. The van der Waals surface area contributed by atoms with E-state index in [1.54, 1.807) is 0 Å². The van der Waals surface area contributed by atoms with E-state index in [0.717, 1.165) is 5.39 Å². The smallest absolute Gasteiger partial charge is 0.270 e. The fourth-order valence-electron chi connectivity index (χ4n) is 2.07. The van der Waals surface area contributed by atoms with Crippen molar-refractivity contribution in [1.82, 2.24) is 0 Å². The van der Waals surface area contributed by atoms with E-state index in [9.17, 15) is 10.1 Å². The summed E-state index contributed by atoms with van der Waals surface area (Å²) in [6.45, 7) is 0. The van der Waals surface area contributed by atoms with Crippen LogP contribution in [0.15, 0.2) is 52.9 Å². The average Bonchev–Trinajstić information content (AvgIpc) is 2.90. The molecular weight excluding hydrogens is 256 g/mol. The van der Waals surface area contributed by atoms with Gasteiger partial charge >= 0.3 is 0 Å². The molecule has 0 fully saturated rings. The van der Waals surface area contributed by atoms with Crippen molar-refractivity contribution in [2.24, 2.45) is 0 Å².